The zero-order valence-corrected chi connectivity index (χ0v) is 15.0. The second-order valence-corrected chi connectivity index (χ2v) is 7.48. The molecule has 1 heterocycles. The van der Waals surface area contributed by atoms with E-state index in [9.17, 15) is 4.79 Å². The molecule has 5 heteroatoms. The third kappa shape index (κ3) is 2.92. The van der Waals surface area contributed by atoms with Gasteiger partial charge in [0, 0.05) is 31.2 Å². The molecule has 1 aromatic carbocycles. The molecule has 25 heavy (non-hydrogen) atoms. The third-order valence-electron chi connectivity index (χ3n) is 6.15. The SMILES string of the molecule is Cc1c(CCNC(=O)NCC2CC23CCc2ccccc23)cnn1C. The van der Waals surface area contributed by atoms with E-state index < -0.39 is 0 Å². The van der Waals surface area contributed by atoms with Gasteiger partial charge in [-0.25, -0.2) is 4.79 Å². The van der Waals surface area contributed by atoms with Gasteiger partial charge in [0.2, 0.25) is 0 Å². The Kier molecular flexibility index (Phi) is 4.02. The molecular formula is C20H26N4O. The molecular weight excluding hydrogens is 312 g/mol. The Bertz CT molecular complexity index is 797. The molecule has 2 aliphatic rings. The molecule has 2 atom stereocenters. The van der Waals surface area contributed by atoms with Gasteiger partial charge in [-0.1, -0.05) is 24.3 Å². The minimum atomic E-state index is -0.0603. The second-order valence-electron chi connectivity index (χ2n) is 7.48. The lowest BCUT2D eigenvalue weighted by molar-refractivity contribution is 0.240. The van der Waals surface area contributed by atoms with Crippen LogP contribution in [-0.4, -0.2) is 28.9 Å². The van der Waals surface area contributed by atoms with Crippen molar-refractivity contribution in [2.24, 2.45) is 13.0 Å². The predicted molar refractivity (Wildman–Crippen MR) is 97.6 cm³/mol. The van der Waals surface area contributed by atoms with Crippen molar-refractivity contribution in [1.29, 1.82) is 0 Å². The number of aromatic nitrogens is 2. The maximum Gasteiger partial charge on any atom is 0.314 e. The Labute approximate surface area is 148 Å². The van der Waals surface area contributed by atoms with Crippen LogP contribution in [0.3, 0.4) is 0 Å². The molecule has 0 saturated heterocycles. The molecule has 1 fully saturated rings. The maximum absolute atomic E-state index is 12.1. The molecule has 1 aromatic heterocycles. The van der Waals surface area contributed by atoms with Crippen molar-refractivity contribution in [2.75, 3.05) is 13.1 Å². The molecule has 1 saturated carbocycles. The van der Waals surface area contributed by atoms with Crippen LogP contribution in [0.2, 0.25) is 0 Å². The fourth-order valence-corrected chi connectivity index (χ4v) is 4.38. The van der Waals surface area contributed by atoms with Crippen molar-refractivity contribution in [2.45, 2.75) is 38.0 Å². The normalized spacial score (nSPS) is 23.5. The molecule has 4 rings (SSSR count). The zero-order valence-electron chi connectivity index (χ0n) is 15.0. The summed E-state index contributed by atoms with van der Waals surface area (Å²) in [7, 11) is 1.94. The van der Waals surface area contributed by atoms with Crippen LogP contribution in [0.5, 0.6) is 0 Å². The molecule has 2 aromatic rings. The van der Waals surface area contributed by atoms with E-state index in [1.165, 1.54) is 36.0 Å². The number of hydrogen-bond acceptors (Lipinski definition) is 2. The summed E-state index contributed by atoms with van der Waals surface area (Å²) in [5.41, 5.74) is 5.71. The summed E-state index contributed by atoms with van der Waals surface area (Å²) >= 11 is 0. The molecule has 132 valence electrons. The number of rotatable bonds is 5. The van der Waals surface area contributed by atoms with Crippen LogP contribution in [0.25, 0.3) is 0 Å². The smallest absolute Gasteiger partial charge is 0.314 e. The number of nitrogens with one attached hydrogen (secondary N) is 2. The monoisotopic (exact) mass is 338 g/mol. The summed E-state index contributed by atoms with van der Waals surface area (Å²) < 4.78 is 1.86. The Morgan fingerprint density at radius 1 is 1.36 bits per heavy atom. The molecule has 0 bridgehead atoms. The summed E-state index contributed by atoms with van der Waals surface area (Å²) in [4.78, 5) is 12.1. The predicted octanol–water partition coefficient (Wildman–Crippen LogP) is 2.47. The maximum atomic E-state index is 12.1. The van der Waals surface area contributed by atoms with E-state index in [0.29, 0.717) is 17.9 Å². The number of nitrogens with zero attached hydrogens (tertiary/aromatic N) is 2. The Hall–Kier alpha value is -2.30. The fourth-order valence-electron chi connectivity index (χ4n) is 4.38. The van der Waals surface area contributed by atoms with Gasteiger partial charge in [-0.05, 0) is 55.2 Å². The Morgan fingerprint density at radius 2 is 2.20 bits per heavy atom. The number of amides is 2. The summed E-state index contributed by atoms with van der Waals surface area (Å²) in [5, 5.41) is 10.3. The number of carbonyl (C=O) groups excluding carboxylic acids is 1. The van der Waals surface area contributed by atoms with Gasteiger partial charge in [0.05, 0.1) is 6.20 Å². The van der Waals surface area contributed by atoms with Crippen LogP contribution in [0, 0.1) is 12.8 Å². The number of aryl methyl sites for hydroxylation is 2. The molecule has 0 radical (unpaired) electrons. The molecule has 2 unspecified atom stereocenters. The number of hydrogen-bond donors (Lipinski definition) is 2. The summed E-state index contributed by atoms with van der Waals surface area (Å²) in [6.07, 6.45) is 6.32. The van der Waals surface area contributed by atoms with Crippen molar-refractivity contribution in [3.63, 3.8) is 0 Å². The van der Waals surface area contributed by atoms with Crippen LogP contribution in [-0.2, 0) is 25.3 Å². The molecule has 0 aliphatic heterocycles. The highest BCUT2D eigenvalue weighted by Gasteiger charge is 2.57. The molecule has 1 spiro atoms. The van der Waals surface area contributed by atoms with Gasteiger partial charge >= 0.3 is 6.03 Å². The van der Waals surface area contributed by atoms with Gasteiger partial charge in [0.25, 0.3) is 0 Å². The first-order valence-corrected chi connectivity index (χ1v) is 9.18. The standard InChI is InChI=1S/C20H26N4O/c1-14-16(12-23-24(14)2)8-10-21-19(25)22-13-17-11-20(17)9-7-15-5-3-4-6-18(15)20/h3-6,12,17H,7-11,13H2,1-2H3,(H2,21,22,25). The van der Waals surface area contributed by atoms with E-state index in [1.807, 2.05) is 24.9 Å². The fraction of sp³-hybridized carbons (Fsp3) is 0.500. The summed E-state index contributed by atoms with van der Waals surface area (Å²) in [6, 6.07) is 8.74. The van der Waals surface area contributed by atoms with E-state index in [2.05, 4.69) is 40.0 Å². The second kappa shape index (κ2) is 6.21. The van der Waals surface area contributed by atoms with Crippen LogP contribution >= 0.6 is 0 Å². The minimum absolute atomic E-state index is 0.0603. The number of fused-ring (bicyclic) bond motifs is 2. The molecule has 2 N–H and O–H groups in total. The number of carbonyl (C=O) groups is 1. The highest BCUT2D eigenvalue weighted by atomic mass is 16.2. The van der Waals surface area contributed by atoms with Crippen molar-refractivity contribution >= 4 is 6.03 Å². The molecule has 2 aliphatic carbocycles. The lowest BCUT2D eigenvalue weighted by Gasteiger charge is -2.12. The van der Waals surface area contributed by atoms with Crippen molar-refractivity contribution in [3.05, 3.63) is 52.8 Å². The first kappa shape index (κ1) is 16.2. The zero-order chi connectivity index (χ0) is 17.4. The van der Waals surface area contributed by atoms with Crippen LogP contribution in [0.1, 0.15) is 35.2 Å². The average Bonchev–Trinajstić information content (AvgIpc) is 3.08. The van der Waals surface area contributed by atoms with E-state index in [0.717, 1.165) is 18.7 Å². The Balaban J connectivity index is 1.22. The van der Waals surface area contributed by atoms with Crippen LogP contribution < -0.4 is 10.6 Å². The van der Waals surface area contributed by atoms with Crippen LogP contribution in [0.4, 0.5) is 4.79 Å². The van der Waals surface area contributed by atoms with Crippen molar-refractivity contribution < 1.29 is 4.79 Å². The number of benzene rings is 1. The highest BCUT2D eigenvalue weighted by molar-refractivity contribution is 5.73. The molecule has 5 nitrogen and oxygen atoms in total. The first-order valence-electron chi connectivity index (χ1n) is 9.18. The van der Waals surface area contributed by atoms with Gasteiger partial charge in [-0.3, -0.25) is 4.68 Å². The lowest BCUT2D eigenvalue weighted by Crippen LogP contribution is -2.38. The quantitative estimate of drug-likeness (QED) is 0.880. The van der Waals surface area contributed by atoms with E-state index in [1.54, 1.807) is 0 Å². The number of urea groups is 1. The lowest BCUT2D eigenvalue weighted by atomic mass is 9.95. The van der Waals surface area contributed by atoms with Gasteiger partial charge in [-0.2, -0.15) is 5.10 Å². The molecule has 2 amide bonds. The minimum Gasteiger partial charge on any atom is -0.338 e. The van der Waals surface area contributed by atoms with Crippen molar-refractivity contribution in [3.8, 4) is 0 Å². The third-order valence-corrected chi connectivity index (χ3v) is 6.15. The summed E-state index contributed by atoms with van der Waals surface area (Å²) in [5.74, 6) is 0.586. The van der Waals surface area contributed by atoms with E-state index in [4.69, 9.17) is 0 Å². The van der Waals surface area contributed by atoms with Crippen molar-refractivity contribution in [1.82, 2.24) is 20.4 Å². The topological polar surface area (TPSA) is 59.0 Å². The van der Waals surface area contributed by atoms with E-state index in [-0.39, 0.29) is 6.03 Å². The average molecular weight is 338 g/mol. The van der Waals surface area contributed by atoms with Gasteiger partial charge in [-0.15, -0.1) is 0 Å². The van der Waals surface area contributed by atoms with Gasteiger partial charge < -0.3 is 10.6 Å². The first-order chi connectivity index (χ1) is 12.1. The van der Waals surface area contributed by atoms with Crippen LogP contribution in [0.15, 0.2) is 30.5 Å². The largest absolute Gasteiger partial charge is 0.338 e. The summed E-state index contributed by atoms with van der Waals surface area (Å²) in [6.45, 7) is 3.46. The Morgan fingerprint density at radius 3 is 3.00 bits per heavy atom. The van der Waals surface area contributed by atoms with E-state index >= 15 is 0 Å². The van der Waals surface area contributed by atoms with Gasteiger partial charge in [0.15, 0.2) is 0 Å². The highest BCUT2D eigenvalue weighted by Crippen LogP contribution is 2.61. The van der Waals surface area contributed by atoms with Gasteiger partial charge in [0.1, 0.15) is 0 Å².